The van der Waals surface area contributed by atoms with E-state index in [1.807, 2.05) is 6.07 Å². The summed E-state index contributed by atoms with van der Waals surface area (Å²) in [6.07, 6.45) is 22.3. The molecule has 266 valence electrons. The van der Waals surface area contributed by atoms with E-state index in [-0.39, 0.29) is 4.90 Å². The molecule has 0 saturated heterocycles. The molecule has 0 unspecified atom stereocenters. The lowest BCUT2D eigenvalue weighted by molar-refractivity contribution is -0.929. The predicted octanol–water partition coefficient (Wildman–Crippen LogP) is 12.1. The number of nitrogens with zero attached hydrogens (tertiary/aromatic N) is 1. The van der Waals surface area contributed by atoms with Crippen LogP contribution < -0.4 is 0 Å². The lowest BCUT2D eigenvalue weighted by atomic mass is 9.87. The number of aryl methyl sites for hydroxylation is 2. The maximum absolute atomic E-state index is 11.7. The molecule has 0 heterocycles. The molecule has 0 aromatic heterocycles. The third-order valence-electron chi connectivity index (χ3n) is 10.0. The molecule has 0 saturated carbocycles. The largest absolute Gasteiger partial charge is 0.744 e. The first-order valence-corrected chi connectivity index (χ1v) is 20.9. The van der Waals surface area contributed by atoms with E-state index in [2.05, 4.69) is 65.8 Å². The van der Waals surface area contributed by atoms with Gasteiger partial charge in [0.15, 0.2) is 0 Å². The van der Waals surface area contributed by atoms with Gasteiger partial charge in [0, 0.05) is 0 Å². The average molecular weight is 668 g/mol. The number of rotatable bonds is 23. The van der Waals surface area contributed by atoms with Crippen molar-refractivity contribution < 1.29 is 17.5 Å². The quantitative estimate of drug-likeness (QED) is 0.0437. The first-order chi connectivity index (χ1) is 22.7. The van der Waals surface area contributed by atoms with Crippen LogP contribution in [0, 0.1) is 0 Å². The predicted molar refractivity (Wildman–Crippen MR) is 204 cm³/mol. The van der Waals surface area contributed by atoms with Gasteiger partial charge in [-0.2, -0.15) is 0 Å². The van der Waals surface area contributed by atoms with Gasteiger partial charge in [-0.15, -0.1) is 0 Å². The van der Waals surface area contributed by atoms with E-state index in [4.69, 9.17) is 0 Å². The summed E-state index contributed by atoms with van der Waals surface area (Å²) in [4.78, 5) is -0.128. The van der Waals surface area contributed by atoms with Crippen LogP contribution in [0.25, 0.3) is 21.5 Å². The molecule has 0 amide bonds. The number of fused-ring (bicyclic) bond motifs is 2. The van der Waals surface area contributed by atoms with E-state index in [0.29, 0.717) is 0 Å². The van der Waals surface area contributed by atoms with Gasteiger partial charge in [0.2, 0.25) is 0 Å². The molecule has 3 aromatic rings. The van der Waals surface area contributed by atoms with Crippen LogP contribution in [-0.4, -0.2) is 43.6 Å². The van der Waals surface area contributed by atoms with Crippen molar-refractivity contribution in [2.75, 3.05) is 26.2 Å². The highest BCUT2D eigenvalue weighted by atomic mass is 32.2. The molecule has 5 heteroatoms. The van der Waals surface area contributed by atoms with Gasteiger partial charge in [-0.1, -0.05) is 136 Å². The summed E-state index contributed by atoms with van der Waals surface area (Å²) in [7, 11) is -4.48. The van der Waals surface area contributed by atoms with Gasteiger partial charge < -0.3 is 9.04 Å². The first kappa shape index (κ1) is 41.2. The summed E-state index contributed by atoms with van der Waals surface area (Å²) in [5.74, 6) is 0. The molecule has 0 fully saturated rings. The zero-order valence-electron chi connectivity index (χ0n) is 31.2. The Balaban J connectivity index is 0.000000387. The highest BCUT2D eigenvalue weighted by Gasteiger charge is 2.24. The molecule has 0 aliphatic carbocycles. The zero-order valence-corrected chi connectivity index (χ0v) is 32.0. The molecule has 0 bridgehead atoms. The van der Waals surface area contributed by atoms with Gasteiger partial charge in [-0.25, -0.2) is 8.42 Å². The van der Waals surface area contributed by atoms with Crippen LogP contribution in [-0.2, 0) is 23.0 Å². The minimum atomic E-state index is -4.48. The fourth-order valence-corrected chi connectivity index (χ4v) is 7.63. The summed E-state index contributed by atoms with van der Waals surface area (Å²) in [5.41, 5.74) is 2.46. The maximum atomic E-state index is 11.7. The normalized spacial score (nSPS) is 12.1. The van der Waals surface area contributed by atoms with E-state index in [0.717, 1.165) is 42.9 Å². The molecule has 3 rings (SSSR count). The fraction of sp³-hybridized carbons (Fsp3) is 0.667. The van der Waals surface area contributed by atoms with Crippen LogP contribution >= 0.6 is 0 Å². The summed E-state index contributed by atoms with van der Waals surface area (Å²) in [6, 6.07) is 13.4. The number of hydrogen-bond donors (Lipinski definition) is 0. The molecule has 3 aromatic carbocycles. The van der Waals surface area contributed by atoms with Crippen LogP contribution in [0.2, 0.25) is 0 Å². The van der Waals surface area contributed by atoms with E-state index >= 15 is 0 Å². The standard InChI is InChI=1S/C26H34O3S.C16H36N/c1-3-5-7-9-13-23-21-15-11-12-16-22(21)24(14-10-8-6-4-2)26-19-20(30(27,28)29)17-18-25(23)26;1-5-9-13-17(14-10-6-2,15-11-7-3)16-12-8-4/h11-12,15-19H,3-10,13-14H2,1-2H3,(H,27,28,29);5-16H2,1-4H3/q;+1/p-1. The number of quaternary nitrogens is 1. The maximum Gasteiger partial charge on any atom is 0.124 e. The summed E-state index contributed by atoms with van der Waals surface area (Å²) >= 11 is 0. The fourth-order valence-electron chi connectivity index (χ4n) is 7.13. The monoisotopic (exact) mass is 667 g/mol. The Labute approximate surface area is 290 Å². The smallest absolute Gasteiger partial charge is 0.124 e. The van der Waals surface area contributed by atoms with Crippen LogP contribution in [0.4, 0.5) is 0 Å². The van der Waals surface area contributed by atoms with Crippen LogP contribution in [0.15, 0.2) is 47.4 Å². The Hall–Kier alpha value is -1.95. The van der Waals surface area contributed by atoms with Crippen molar-refractivity contribution in [3.05, 3.63) is 53.6 Å². The molecule has 0 aliphatic rings. The summed E-state index contributed by atoms with van der Waals surface area (Å²) in [6.45, 7) is 19.4. The second kappa shape index (κ2) is 22.6. The summed E-state index contributed by atoms with van der Waals surface area (Å²) < 4.78 is 36.6. The second-order valence-corrected chi connectivity index (χ2v) is 15.3. The zero-order chi connectivity index (χ0) is 34.5. The van der Waals surface area contributed by atoms with Gasteiger partial charge in [-0.05, 0) is 96.2 Å². The van der Waals surface area contributed by atoms with E-state index in [1.54, 1.807) is 6.07 Å². The third kappa shape index (κ3) is 13.5. The third-order valence-corrected chi connectivity index (χ3v) is 10.8. The Morgan fingerprint density at radius 2 is 0.872 bits per heavy atom. The number of benzene rings is 3. The van der Waals surface area contributed by atoms with Crippen molar-refractivity contribution in [1.82, 2.24) is 0 Å². The molecule has 0 atom stereocenters. The van der Waals surface area contributed by atoms with Gasteiger partial charge in [-0.3, -0.25) is 0 Å². The molecule has 0 aliphatic heterocycles. The molecule has 47 heavy (non-hydrogen) atoms. The van der Waals surface area contributed by atoms with Crippen LogP contribution in [0.3, 0.4) is 0 Å². The Kier molecular flexibility index (Phi) is 19.9. The highest BCUT2D eigenvalue weighted by molar-refractivity contribution is 7.85. The lowest BCUT2D eigenvalue weighted by Crippen LogP contribution is -2.50. The molecular formula is C42H69NO3S. The molecule has 0 N–H and O–H groups in total. The van der Waals surface area contributed by atoms with Gasteiger partial charge in [0.25, 0.3) is 0 Å². The van der Waals surface area contributed by atoms with Crippen molar-refractivity contribution in [2.24, 2.45) is 0 Å². The van der Waals surface area contributed by atoms with Crippen molar-refractivity contribution in [2.45, 2.75) is 162 Å². The Morgan fingerprint density at radius 3 is 1.26 bits per heavy atom. The van der Waals surface area contributed by atoms with Gasteiger partial charge in [0.05, 0.1) is 31.1 Å². The van der Waals surface area contributed by atoms with Crippen LogP contribution in [0.1, 0.15) is 155 Å². The highest BCUT2D eigenvalue weighted by Crippen LogP contribution is 2.36. The van der Waals surface area contributed by atoms with Crippen LogP contribution in [0.5, 0.6) is 0 Å². The minimum Gasteiger partial charge on any atom is -0.744 e. The van der Waals surface area contributed by atoms with Crippen molar-refractivity contribution in [1.29, 1.82) is 0 Å². The SMILES string of the molecule is CCCCCCc1c2ccccc2c(CCCCCC)c2cc(S(=O)(=O)[O-])ccc12.CCCC[N+](CCCC)(CCCC)CCCC. The lowest BCUT2D eigenvalue weighted by Gasteiger charge is -2.39. The summed E-state index contributed by atoms with van der Waals surface area (Å²) in [5, 5.41) is 4.51. The van der Waals surface area contributed by atoms with E-state index in [9.17, 15) is 13.0 Å². The van der Waals surface area contributed by atoms with Crippen molar-refractivity contribution in [3.63, 3.8) is 0 Å². The van der Waals surface area contributed by atoms with Gasteiger partial charge >= 0.3 is 0 Å². The van der Waals surface area contributed by atoms with Gasteiger partial charge in [0.1, 0.15) is 10.1 Å². The Bertz CT molecular complexity index is 1360. The first-order valence-electron chi connectivity index (χ1n) is 19.5. The van der Waals surface area contributed by atoms with E-state index in [1.165, 1.54) is 142 Å². The number of hydrogen-bond acceptors (Lipinski definition) is 3. The minimum absolute atomic E-state index is 0.128. The number of unbranched alkanes of at least 4 members (excludes halogenated alkanes) is 10. The van der Waals surface area contributed by atoms with E-state index < -0.39 is 10.1 Å². The molecule has 4 nitrogen and oxygen atoms in total. The molecular weight excluding hydrogens is 599 g/mol. The second-order valence-electron chi connectivity index (χ2n) is 13.9. The molecule has 0 radical (unpaired) electrons. The molecule has 0 spiro atoms. The van der Waals surface area contributed by atoms with Crippen molar-refractivity contribution >= 4 is 31.7 Å². The average Bonchev–Trinajstić information content (AvgIpc) is 3.08. The Morgan fingerprint density at radius 1 is 0.489 bits per heavy atom. The van der Waals surface area contributed by atoms with Crippen molar-refractivity contribution in [3.8, 4) is 0 Å². The topological polar surface area (TPSA) is 57.2 Å².